The second kappa shape index (κ2) is 9.56. The lowest BCUT2D eigenvalue weighted by Gasteiger charge is -2.33. The number of ether oxygens (including phenoxy) is 2. The third kappa shape index (κ3) is 5.13. The summed E-state index contributed by atoms with van der Waals surface area (Å²) in [5.74, 6) is -1.39. The number of allylic oxidation sites excluding steroid dienone is 1. The van der Waals surface area contributed by atoms with E-state index in [1.165, 1.54) is 25.3 Å². The molecule has 8 heteroatoms. The lowest BCUT2D eigenvalue weighted by Crippen LogP contribution is -2.37. The molecule has 0 aliphatic carbocycles. The van der Waals surface area contributed by atoms with Gasteiger partial charge in [0.15, 0.2) is 12.2 Å². The van der Waals surface area contributed by atoms with Gasteiger partial charge in [-0.1, -0.05) is 12.2 Å². The maximum Gasteiger partial charge on any atom is 0.202 e. The van der Waals surface area contributed by atoms with Crippen LogP contribution in [-0.2, 0) is 6.42 Å². The van der Waals surface area contributed by atoms with Crippen LogP contribution in [0.25, 0.3) is 0 Å². The van der Waals surface area contributed by atoms with Crippen LogP contribution in [0.5, 0.6) is 28.7 Å². The molecular formula is C26H32O8. The molecule has 3 atom stereocenters. The predicted octanol–water partition coefficient (Wildman–Crippen LogP) is 3.78. The first kappa shape index (κ1) is 25.4. The number of aliphatic hydroxyl groups excluding tert-OH is 1. The van der Waals surface area contributed by atoms with Crippen molar-refractivity contribution in [3.63, 3.8) is 0 Å². The van der Waals surface area contributed by atoms with E-state index in [0.717, 1.165) is 11.6 Å². The van der Waals surface area contributed by atoms with Crippen molar-refractivity contribution in [1.29, 1.82) is 0 Å². The number of phenolic OH excluding ortho intramolecular Hbond substituents is 3. The highest BCUT2D eigenvalue weighted by molar-refractivity contribution is 6.06. The molecule has 1 unspecified atom stereocenters. The van der Waals surface area contributed by atoms with Gasteiger partial charge in [0.05, 0.1) is 12.7 Å². The molecule has 3 rings (SSSR count). The van der Waals surface area contributed by atoms with Gasteiger partial charge in [-0.3, -0.25) is 4.79 Å². The quantitative estimate of drug-likeness (QED) is 0.366. The molecule has 0 saturated heterocycles. The SMILES string of the molecule is C=C(C)C(CCC(C)(C)O)Cc1c(O)cc(OC)c2c1O[C@H](c1ccc(O)cc1O)[C@H](O)C2=O. The first-order chi connectivity index (χ1) is 15.8. The number of benzene rings is 2. The van der Waals surface area contributed by atoms with Gasteiger partial charge in [-0.15, -0.1) is 0 Å². The van der Waals surface area contributed by atoms with Crippen LogP contribution < -0.4 is 9.47 Å². The Morgan fingerprint density at radius 2 is 1.88 bits per heavy atom. The number of aromatic hydroxyl groups is 3. The van der Waals surface area contributed by atoms with Crippen LogP contribution in [0.15, 0.2) is 36.4 Å². The summed E-state index contributed by atoms with van der Waals surface area (Å²) in [4.78, 5) is 13.2. The van der Waals surface area contributed by atoms with Gasteiger partial charge >= 0.3 is 0 Å². The Hall–Kier alpha value is -3.23. The number of carbonyl (C=O) groups is 1. The van der Waals surface area contributed by atoms with E-state index >= 15 is 0 Å². The van der Waals surface area contributed by atoms with E-state index in [1.54, 1.807) is 13.8 Å². The second-order valence-electron chi connectivity index (χ2n) is 9.47. The number of aliphatic hydroxyl groups is 2. The van der Waals surface area contributed by atoms with E-state index in [0.29, 0.717) is 18.4 Å². The van der Waals surface area contributed by atoms with Crippen molar-refractivity contribution in [3.05, 3.63) is 53.1 Å². The molecule has 1 heterocycles. The van der Waals surface area contributed by atoms with E-state index in [4.69, 9.17) is 9.47 Å². The van der Waals surface area contributed by atoms with Crippen molar-refractivity contribution in [2.75, 3.05) is 7.11 Å². The van der Waals surface area contributed by atoms with E-state index in [2.05, 4.69) is 6.58 Å². The molecule has 0 amide bonds. The number of rotatable bonds is 8. The lowest BCUT2D eigenvalue weighted by atomic mass is 9.83. The Balaban J connectivity index is 2.10. The maximum absolute atomic E-state index is 13.2. The van der Waals surface area contributed by atoms with Gasteiger partial charge in [-0.2, -0.15) is 0 Å². The van der Waals surface area contributed by atoms with Gasteiger partial charge in [-0.05, 0) is 58.1 Å². The summed E-state index contributed by atoms with van der Waals surface area (Å²) in [6, 6.07) is 5.06. The van der Waals surface area contributed by atoms with Crippen LogP contribution in [0.3, 0.4) is 0 Å². The largest absolute Gasteiger partial charge is 0.508 e. The smallest absolute Gasteiger partial charge is 0.202 e. The number of hydrogen-bond acceptors (Lipinski definition) is 8. The maximum atomic E-state index is 13.2. The minimum atomic E-state index is -1.65. The lowest BCUT2D eigenvalue weighted by molar-refractivity contribution is 0.0197. The van der Waals surface area contributed by atoms with Crippen LogP contribution in [0.4, 0.5) is 0 Å². The number of methoxy groups -OCH3 is 1. The second-order valence-corrected chi connectivity index (χ2v) is 9.47. The van der Waals surface area contributed by atoms with Gasteiger partial charge in [0.1, 0.15) is 34.3 Å². The molecule has 2 aromatic carbocycles. The topological polar surface area (TPSA) is 137 Å². The van der Waals surface area contributed by atoms with Crippen LogP contribution in [-0.4, -0.2) is 50.1 Å². The van der Waals surface area contributed by atoms with Crippen LogP contribution in [0, 0.1) is 5.92 Å². The predicted molar refractivity (Wildman–Crippen MR) is 126 cm³/mol. The average Bonchev–Trinajstić information content (AvgIpc) is 2.73. The number of phenols is 3. The number of Topliss-reactive ketones (excluding diaryl/α,β-unsaturated/α-hetero) is 1. The van der Waals surface area contributed by atoms with Crippen molar-refractivity contribution >= 4 is 5.78 Å². The molecule has 0 fully saturated rings. The first-order valence-electron chi connectivity index (χ1n) is 11.1. The molecule has 2 aromatic rings. The first-order valence-corrected chi connectivity index (χ1v) is 11.1. The van der Waals surface area contributed by atoms with Crippen LogP contribution >= 0.6 is 0 Å². The summed E-state index contributed by atoms with van der Waals surface area (Å²) in [6.45, 7) is 9.33. The van der Waals surface area contributed by atoms with E-state index in [1.807, 2.05) is 6.92 Å². The zero-order chi connectivity index (χ0) is 25.4. The van der Waals surface area contributed by atoms with Gasteiger partial charge < -0.3 is 35.0 Å². The van der Waals surface area contributed by atoms with Crippen LogP contribution in [0.2, 0.25) is 0 Å². The van der Waals surface area contributed by atoms with E-state index < -0.39 is 23.6 Å². The van der Waals surface area contributed by atoms with Gasteiger partial charge in [0, 0.05) is 23.3 Å². The number of fused-ring (bicyclic) bond motifs is 1. The molecule has 0 radical (unpaired) electrons. The van der Waals surface area contributed by atoms with Gasteiger partial charge in [0.25, 0.3) is 0 Å². The molecule has 0 aromatic heterocycles. The van der Waals surface area contributed by atoms with Crippen molar-refractivity contribution in [2.24, 2.45) is 5.92 Å². The van der Waals surface area contributed by atoms with Crippen molar-refractivity contribution in [1.82, 2.24) is 0 Å². The van der Waals surface area contributed by atoms with Gasteiger partial charge in [0.2, 0.25) is 5.78 Å². The molecule has 1 aliphatic heterocycles. The molecule has 34 heavy (non-hydrogen) atoms. The molecule has 1 aliphatic rings. The molecule has 0 bridgehead atoms. The number of carbonyl (C=O) groups excluding carboxylic acids is 1. The Kier molecular flexibility index (Phi) is 7.14. The summed E-state index contributed by atoms with van der Waals surface area (Å²) in [6.07, 6.45) is -1.59. The summed E-state index contributed by atoms with van der Waals surface area (Å²) in [5, 5.41) is 51.7. The van der Waals surface area contributed by atoms with Crippen molar-refractivity contribution < 1.29 is 39.8 Å². The zero-order valence-electron chi connectivity index (χ0n) is 19.8. The summed E-state index contributed by atoms with van der Waals surface area (Å²) in [5.41, 5.74) is 0.398. The molecule has 5 N–H and O–H groups in total. The minimum absolute atomic E-state index is 0.000251. The molecule has 184 valence electrons. The normalized spacial score (nSPS) is 18.7. The molecule has 0 spiro atoms. The Labute approximate surface area is 198 Å². The third-order valence-corrected chi connectivity index (χ3v) is 6.16. The average molecular weight is 473 g/mol. The Morgan fingerprint density at radius 3 is 2.44 bits per heavy atom. The summed E-state index contributed by atoms with van der Waals surface area (Å²) >= 11 is 0. The van der Waals surface area contributed by atoms with E-state index in [-0.39, 0.29) is 52.2 Å². The Bertz CT molecular complexity index is 1100. The Morgan fingerprint density at radius 1 is 1.21 bits per heavy atom. The summed E-state index contributed by atoms with van der Waals surface area (Å²) in [7, 11) is 1.34. The molecule has 0 saturated carbocycles. The van der Waals surface area contributed by atoms with E-state index in [9.17, 15) is 30.3 Å². The zero-order valence-corrected chi connectivity index (χ0v) is 19.8. The summed E-state index contributed by atoms with van der Waals surface area (Å²) < 4.78 is 11.4. The molecule has 8 nitrogen and oxygen atoms in total. The van der Waals surface area contributed by atoms with Gasteiger partial charge in [-0.25, -0.2) is 0 Å². The fourth-order valence-electron chi connectivity index (χ4n) is 4.16. The van der Waals surface area contributed by atoms with Crippen molar-refractivity contribution in [2.45, 2.75) is 57.8 Å². The minimum Gasteiger partial charge on any atom is -0.508 e. The monoisotopic (exact) mass is 472 g/mol. The highest BCUT2D eigenvalue weighted by Gasteiger charge is 2.42. The van der Waals surface area contributed by atoms with Crippen molar-refractivity contribution in [3.8, 4) is 28.7 Å². The highest BCUT2D eigenvalue weighted by Crippen LogP contribution is 2.48. The molecular weight excluding hydrogens is 440 g/mol. The fraction of sp³-hybridized carbons (Fsp3) is 0.423. The standard InChI is InChI=1S/C26H32O8/c1-13(2)14(8-9-26(3,4)32)10-17-19(29)12-20(33-5)21-22(30)23(31)25(34-24(17)21)16-7-6-15(27)11-18(16)28/h6-7,11-12,14,23,25,27-29,31-32H,1,8-10H2,2-5H3/t14?,23-,25-/m1/s1. The third-order valence-electron chi connectivity index (χ3n) is 6.16. The van der Waals surface area contributed by atoms with Crippen LogP contribution in [0.1, 0.15) is 61.2 Å². The highest BCUT2D eigenvalue weighted by atomic mass is 16.5. The number of hydrogen-bond donors (Lipinski definition) is 5. The fourth-order valence-corrected chi connectivity index (χ4v) is 4.16. The number of ketones is 1.